The summed E-state index contributed by atoms with van der Waals surface area (Å²) in [5.74, 6) is 2.29. The molecule has 2 unspecified atom stereocenters. The summed E-state index contributed by atoms with van der Waals surface area (Å²) >= 11 is 0. The molecule has 5 aromatic rings. The van der Waals surface area contributed by atoms with E-state index in [1.165, 1.54) is 53.5 Å². The zero-order valence-corrected chi connectivity index (χ0v) is 19.2. The highest BCUT2D eigenvalue weighted by atomic mass is 16.5. The van der Waals surface area contributed by atoms with Crippen molar-refractivity contribution in [3.05, 3.63) is 83.8 Å². The van der Waals surface area contributed by atoms with Crippen molar-refractivity contribution in [2.75, 3.05) is 18.0 Å². The second-order valence-electron chi connectivity index (χ2n) is 8.99. The molecule has 0 radical (unpaired) electrons. The molecule has 0 spiro atoms. The van der Waals surface area contributed by atoms with Crippen LogP contribution in [0.25, 0.3) is 22.0 Å². The lowest BCUT2D eigenvalue weighted by Gasteiger charge is -2.20. The van der Waals surface area contributed by atoms with Gasteiger partial charge in [-0.15, -0.1) is 0 Å². The van der Waals surface area contributed by atoms with E-state index >= 15 is 0 Å². The molecule has 10 heteroatoms. The Morgan fingerprint density at radius 3 is 2.69 bits per heavy atom. The van der Waals surface area contributed by atoms with Gasteiger partial charge < -0.3 is 9.42 Å². The van der Waals surface area contributed by atoms with Crippen molar-refractivity contribution in [1.29, 1.82) is 0 Å². The van der Waals surface area contributed by atoms with Gasteiger partial charge in [-0.05, 0) is 48.1 Å². The molecule has 2 atom stereocenters. The van der Waals surface area contributed by atoms with Crippen molar-refractivity contribution < 1.29 is 4.52 Å². The lowest BCUT2D eigenvalue weighted by atomic mass is 10.1. The number of fused-ring (bicyclic) bond motifs is 2. The van der Waals surface area contributed by atoms with Gasteiger partial charge in [0.15, 0.2) is 6.33 Å². The van der Waals surface area contributed by atoms with Crippen LogP contribution in [0.2, 0.25) is 0 Å². The normalized spacial score (nSPS) is 18.3. The van der Waals surface area contributed by atoms with Crippen LogP contribution in [0.15, 0.2) is 76.8 Å². The summed E-state index contributed by atoms with van der Waals surface area (Å²) in [5.41, 5.74) is 4.17. The Morgan fingerprint density at radius 2 is 1.91 bits per heavy atom. The first-order chi connectivity index (χ1) is 17.1. The summed E-state index contributed by atoms with van der Waals surface area (Å²) in [6.45, 7) is 2.66. The summed E-state index contributed by atoms with van der Waals surface area (Å²) in [6.07, 6.45) is 9.89. The average Bonchev–Trinajstić information content (AvgIpc) is 3.29. The Kier molecular flexibility index (Phi) is 5.32. The molecule has 176 valence electrons. The molecule has 1 saturated carbocycles. The van der Waals surface area contributed by atoms with Gasteiger partial charge in [0.2, 0.25) is 5.89 Å². The monoisotopic (exact) mass is 468 g/mol. The van der Waals surface area contributed by atoms with Gasteiger partial charge >= 0.3 is 0 Å². The first-order valence-electron chi connectivity index (χ1n) is 11.5. The van der Waals surface area contributed by atoms with E-state index in [2.05, 4.69) is 60.7 Å². The van der Waals surface area contributed by atoms with E-state index in [4.69, 9.17) is 4.52 Å². The van der Waals surface area contributed by atoms with Crippen LogP contribution in [-0.4, -0.2) is 47.8 Å². The first kappa shape index (κ1) is 21.2. The minimum atomic E-state index is -0.228. The van der Waals surface area contributed by atoms with Crippen LogP contribution >= 0.6 is 0 Å². The predicted octanol–water partition coefficient (Wildman–Crippen LogP) is 2.77. The van der Waals surface area contributed by atoms with Gasteiger partial charge in [0.05, 0.1) is 23.3 Å². The second-order valence-corrected chi connectivity index (χ2v) is 8.99. The Hall–Kier alpha value is -4.34. The second kappa shape index (κ2) is 8.79. The molecule has 10 nitrogen and oxygen atoms in total. The van der Waals surface area contributed by atoms with Crippen molar-refractivity contribution in [1.82, 2.24) is 34.7 Å². The third kappa shape index (κ3) is 4.42. The van der Waals surface area contributed by atoms with Crippen LogP contribution in [0.3, 0.4) is 0 Å². The summed E-state index contributed by atoms with van der Waals surface area (Å²) in [6, 6.07) is 12.3. The van der Waals surface area contributed by atoms with Crippen LogP contribution in [0, 0.1) is 11.8 Å². The highest BCUT2D eigenvalue weighted by molar-refractivity contribution is 5.75. The van der Waals surface area contributed by atoms with Crippen LogP contribution in [0.4, 0.5) is 5.69 Å². The third-order valence-corrected chi connectivity index (χ3v) is 6.54. The first-order valence-corrected chi connectivity index (χ1v) is 11.5. The van der Waals surface area contributed by atoms with Crippen molar-refractivity contribution in [2.45, 2.75) is 13.0 Å². The van der Waals surface area contributed by atoms with E-state index < -0.39 is 0 Å². The van der Waals surface area contributed by atoms with Gasteiger partial charge in [-0.25, -0.2) is 4.68 Å². The maximum absolute atomic E-state index is 12.0. The lowest BCUT2D eigenvalue weighted by Crippen LogP contribution is -2.23. The number of piperidine rings is 1. The van der Waals surface area contributed by atoms with E-state index in [-0.39, 0.29) is 12.1 Å². The highest BCUT2D eigenvalue weighted by Crippen LogP contribution is 2.46. The molecule has 1 aromatic carbocycles. The Balaban J connectivity index is 0.000000131. The van der Waals surface area contributed by atoms with Gasteiger partial charge in [-0.2, -0.15) is 15.2 Å². The number of nitrogens with zero attached hydrogens (tertiary/aromatic N) is 8. The minimum absolute atomic E-state index is 0.156. The fourth-order valence-electron chi connectivity index (χ4n) is 4.58. The number of aromatic nitrogens is 7. The third-order valence-electron chi connectivity index (χ3n) is 6.54. The number of anilines is 1. The molecule has 35 heavy (non-hydrogen) atoms. The molecule has 2 aliphatic rings. The predicted molar refractivity (Wildman–Crippen MR) is 130 cm³/mol. The fraction of sp³-hybridized carbons (Fsp3) is 0.280. The molecule has 4 aromatic heterocycles. The van der Waals surface area contributed by atoms with Gasteiger partial charge in [0.25, 0.3) is 5.56 Å². The lowest BCUT2D eigenvalue weighted by molar-refractivity contribution is 0.362. The van der Waals surface area contributed by atoms with Crippen molar-refractivity contribution in [3.63, 3.8) is 0 Å². The van der Waals surface area contributed by atoms with Crippen LogP contribution in [-0.2, 0) is 13.6 Å². The van der Waals surface area contributed by atoms with E-state index in [9.17, 15) is 4.79 Å². The Bertz CT molecular complexity index is 1510. The van der Waals surface area contributed by atoms with E-state index in [1.54, 1.807) is 18.3 Å². The summed E-state index contributed by atoms with van der Waals surface area (Å²) in [4.78, 5) is 22.4. The molecule has 0 N–H and O–H groups in total. The quantitative estimate of drug-likeness (QED) is 0.396. The number of hydrogen-bond acceptors (Lipinski definition) is 8. The molecule has 0 bridgehead atoms. The molecular formula is C25H24N8O2. The van der Waals surface area contributed by atoms with Gasteiger partial charge in [0, 0.05) is 43.8 Å². The van der Waals surface area contributed by atoms with Crippen molar-refractivity contribution in [2.24, 2.45) is 18.9 Å². The molecule has 7 rings (SSSR count). The number of benzene rings is 1. The summed E-state index contributed by atoms with van der Waals surface area (Å²) in [7, 11) is 1.96. The van der Waals surface area contributed by atoms with Crippen LogP contribution < -0.4 is 10.5 Å². The van der Waals surface area contributed by atoms with Gasteiger partial charge in [0.1, 0.15) is 6.54 Å². The Morgan fingerprint density at radius 1 is 1.03 bits per heavy atom. The maximum Gasteiger partial charge on any atom is 0.276 e. The van der Waals surface area contributed by atoms with Crippen LogP contribution in [0.1, 0.15) is 12.3 Å². The standard InChI is InChI=1S/C15H17N3.C10H7N5O2/c1-17-8-14(7-16-17)11-3-2-4-15(6-11)18-9-12-5-13(12)10-18;16-10-7-2-1-3-11-8(7)4-13-15(10)5-9-12-6-14-17-9/h2-4,6-8,12-13H,5,9-10H2,1H3;1-4,6H,5H2. The fourth-order valence-corrected chi connectivity index (χ4v) is 4.58. The molecule has 1 aliphatic heterocycles. The largest absolute Gasteiger partial charge is 0.371 e. The smallest absolute Gasteiger partial charge is 0.276 e. The highest BCUT2D eigenvalue weighted by Gasteiger charge is 2.45. The number of hydrogen-bond donors (Lipinski definition) is 0. The SMILES string of the molecule is Cn1cc(-c2cccc(N3CC4CC4C3)c2)cn1.O=c1c2cccnc2cnn1Cc1ncno1. The summed E-state index contributed by atoms with van der Waals surface area (Å²) in [5, 5.41) is 12.2. The van der Waals surface area contributed by atoms with E-state index in [1.807, 2.05) is 17.9 Å². The average molecular weight is 469 g/mol. The van der Waals surface area contributed by atoms with Crippen LogP contribution in [0.5, 0.6) is 0 Å². The number of pyridine rings is 1. The summed E-state index contributed by atoms with van der Waals surface area (Å²) < 4.78 is 7.94. The van der Waals surface area contributed by atoms with E-state index in [0.29, 0.717) is 16.8 Å². The molecule has 2 fully saturated rings. The van der Waals surface area contributed by atoms with E-state index in [0.717, 1.165) is 11.8 Å². The van der Waals surface area contributed by atoms with Gasteiger partial charge in [-0.1, -0.05) is 17.3 Å². The number of rotatable bonds is 4. The molecule has 1 aliphatic carbocycles. The zero-order valence-electron chi connectivity index (χ0n) is 19.2. The van der Waals surface area contributed by atoms with Gasteiger partial charge in [-0.3, -0.25) is 14.5 Å². The maximum atomic E-state index is 12.0. The topological polar surface area (TPSA) is 108 Å². The van der Waals surface area contributed by atoms with Crippen molar-refractivity contribution >= 4 is 16.6 Å². The molecule has 0 amide bonds. The zero-order chi connectivity index (χ0) is 23.8. The Labute approximate surface area is 200 Å². The molecule has 1 saturated heterocycles. The number of aryl methyl sites for hydroxylation is 1. The molecule has 5 heterocycles. The van der Waals surface area contributed by atoms with Crippen molar-refractivity contribution in [3.8, 4) is 11.1 Å². The molecular weight excluding hydrogens is 444 g/mol. The minimum Gasteiger partial charge on any atom is -0.371 e.